The maximum absolute atomic E-state index is 13.0. The first-order chi connectivity index (χ1) is 13.8. The highest BCUT2D eigenvalue weighted by atomic mass is 16.5. The fourth-order valence-electron chi connectivity index (χ4n) is 5.22. The molecule has 2 atom stereocenters. The Morgan fingerprint density at radius 1 is 1.17 bits per heavy atom. The Hall–Kier alpha value is -1.96. The smallest absolute Gasteiger partial charge is 0.317 e. The van der Waals surface area contributed by atoms with E-state index in [2.05, 4.69) is 17.4 Å². The Balaban J connectivity index is 1.41. The molecule has 0 radical (unpaired) electrons. The van der Waals surface area contributed by atoms with Crippen LogP contribution in [-0.2, 0) is 27.2 Å². The lowest BCUT2D eigenvalue weighted by atomic mass is 9.73. The van der Waals surface area contributed by atoms with E-state index in [4.69, 9.17) is 9.84 Å². The van der Waals surface area contributed by atoms with E-state index in [1.807, 2.05) is 24.0 Å². The molecule has 7 heteroatoms. The van der Waals surface area contributed by atoms with Gasteiger partial charge in [0.2, 0.25) is 5.91 Å². The van der Waals surface area contributed by atoms with Crippen molar-refractivity contribution in [2.24, 2.45) is 5.92 Å². The number of likely N-dealkylation sites (tertiary alicyclic amines) is 1. The summed E-state index contributed by atoms with van der Waals surface area (Å²) in [5.41, 5.74) is 0.979. The summed E-state index contributed by atoms with van der Waals surface area (Å²) < 4.78 is 6.05. The molecule has 0 unspecified atom stereocenters. The maximum atomic E-state index is 13.0. The molecule has 4 rings (SSSR count). The number of amides is 1. The number of nitrogens with zero attached hydrogens (tertiary/aromatic N) is 1. The molecule has 3 aliphatic rings. The Morgan fingerprint density at radius 2 is 1.79 bits per heavy atom. The van der Waals surface area contributed by atoms with Crippen LogP contribution in [-0.4, -0.2) is 70.5 Å². The second kappa shape index (κ2) is 7.70. The highest BCUT2D eigenvalue weighted by molar-refractivity contribution is 5.81. The fraction of sp³-hybridized carbons (Fsp3) is 0.636. The van der Waals surface area contributed by atoms with Crippen LogP contribution in [0.2, 0.25) is 0 Å². The third-order valence-corrected chi connectivity index (χ3v) is 7.00. The van der Waals surface area contributed by atoms with Crippen molar-refractivity contribution < 1.29 is 24.5 Å². The number of nitrogens with one attached hydrogen (secondary N) is 1. The van der Waals surface area contributed by atoms with Gasteiger partial charge in [0.1, 0.15) is 6.10 Å². The Kier molecular flexibility index (Phi) is 5.40. The lowest BCUT2D eigenvalue weighted by Gasteiger charge is -2.53. The molecule has 2 aliphatic heterocycles. The normalized spacial score (nSPS) is 29.5. The van der Waals surface area contributed by atoms with Gasteiger partial charge < -0.3 is 20.3 Å². The average molecular weight is 402 g/mol. The number of aliphatic carboxylic acids is 1. The second-order valence-corrected chi connectivity index (χ2v) is 9.02. The third-order valence-electron chi connectivity index (χ3n) is 7.00. The molecule has 29 heavy (non-hydrogen) atoms. The van der Waals surface area contributed by atoms with Crippen LogP contribution in [0.5, 0.6) is 0 Å². The molecule has 1 aliphatic carbocycles. The van der Waals surface area contributed by atoms with Gasteiger partial charge in [-0.15, -0.1) is 0 Å². The van der Waals surface area contributed by atoms with Gasteiger partial charge in [-0.05, 0) is 50.2 Å². The quantitative estimate of drug-likeness (QED) is 0.694. The number of rotatable bonds is 4. The van der Waals surface area contributed by atoms with Crippen LogP contribution in [0.25, 0.3) is 0 Å². The van der Waals surface area contributed by atoms with E-state index in [-0.39, 0.29) is 18.4 Å². The van der Waals surface area contributed by atoms with Crippen molar-refractivity contribution in [1.29, 1.82) is 0 Å². The van der Waals surface area contributed by atoms with E-state index in [1.165, 1.54) is 11.1 Å². The van der Waals surface area contributed by atoms with Crippen LogP contribution in [0.15, 0.2) is 24.3 Å². The summed E-state index contributed by atoms with van der Waals surface area (Å²) in [4.78, 5) is 25.9. The van der Waals surface area contributed by atoms with Crippen molar-refractivity contribution in [1.82, 2.24) is 10.2 Å². The summed E-state index contributed by atoms with van der Waals surface area (Å²) in [5, 5.41) is 23.4. The molecule has 2 fully saturated rings. The molecular formula is C22H30N2O5. The number of piperidine rings is 1. The molecule has 158 valence electrons. The highest BCUT2D eigenvalue weighted by Gasteiger charge is 2.54. The number of carbonyl (C=O) groups excluding carboxylic acids is 1. The van der Waals surface area contributed by atoms with Gasteiger partial charge in [0.15, 0.2) is 0 Å². The van der Waals surface area contributed by atoms with Gasteiger partial charge in [0.25, 0.3) is 0 Å². The fourth-order valence-corrected chi connectivity index (χ4v) is 5.22. The van der Waals surface area contributed by atoms with Gasteiger partial charge in [0, 0.05) is 25.6 Å². The van der Waals surface area contributed by atoms with E-state index in [0.29, 0.717) is 39.0 Å². The van der Waals surface area contributed by atoms with Gasteiger partial charge >= 0.3 is 5.97 Å². The first kappa shape index (κ1) is 20.3. The third kappa shape index (κ3) is 3.91. The summed E-state index contributed by atoms with van der Waals surface area (Å²) in [7, 11) is 0. The number of hydrogen-bond donors (Lipinski definition) is 3. The summed E-state index contributed by atoms with van der Waals surface area (Å²) in [6, 6.07) is 8.16. The van der Waals surface area contributed by atoms with E-state index in [1.54, 1.807) is 0 Å². The minimum absolute atomic E-state index is 0.00240. The van der Waals surface area contributed by atoms with Crippen molar-refractivity contribution in [3.8, 4) is 0 Å². The number of carboxylic acid groups (broad SMARTS) is 1. The summed E-state index contributed by atoms with van der Waals surface area (Å²) >= 11 is 0. The molecule has 1 aromatic carbocycles. The Labute approximate surface area is 171 Å². The number of ether oxygens (including phenoxy) is 1. The molecule has 0 saturated carbocycles. The molecule has 1 spiro atoms. The van der Waals surface area contributed by atoms with Crippen LogP contribution < -0.4 is 5.32 Å². The van der Waals surface area contributed by atoms with Crippen LogP contribution in [0, 0.1) is 5.92 Å². The molecule has 2 saturated heterocycles. The Bertz CT molecular complexity index is 764. The lowest BCUT2D eigenvalue weighted by Crippen LogP contribution is -2.69. The molecule has 1 amide bonds. The monoisotopic (exact) mass is 402 g/mol. The lowest BCUT2D eigenvalue weighted by molar-refractivity contribution is -0.208. The molecule has 7 nitrogen and oxygen atoms in total. The van der Waals surface area contributed by atoms with Crippen LogP contribution in [0.4, 0.5) is 0 Å². The molecule has 0 bridgehead atoms. The zero-order valence-electron chi connectivity index (χ0n) is 16.9. The highest BCUT2D eigenvalue weighted by Crippen LogP contribution is 2.40. The number of benzene rings is 1. The predicted octanol–water partition coefficient (Wildman–Crippen LogP) is 0.977. The number of aliphatic hydroxyl groups excluding tert-OH is 1. The van der Waals surface area contributed by atoms with E-state index < -0.39 is 23.2 Å². The van der Waals surface area contributed by atoms with E-state index in [0.717, 1.165) is 12.8 Å². The van der Waals surface area contributed by atoms with Gasteiger partial charge in [-0.2, -0.15) is 0 Å². The zero-order valence-corrected chi connectivity index (χ0v) is 16.9. The number of carboxylic acids is 1. The van der Waals surface area contributed by atoms with Gasteiger partial charge in [-0.1, -0.05) is 24.3 Å². The first-order valence-corrected chi connectivity index (χ1v) is 10.5. The standard InChI is InChI=1S/C22H30N2O5/c1-21(23-19(27)17-12-15-4-2-3-5-16(15)13-17)8-11-29-22(20(21)28)6-9-24(10-7-22)14-18(25)26/h2-5,17,20,28H,6-14H2,1H3,(H,23,27)(H,25,26)/t20-,21+/m1/s1. The summed E-state index contributed by atoms with van der Waals surface area (Å²) in [6.45, 7) is 3.50. The van der Waals surface area contributed by atoms with Gasteiger partial charge in [0.05, 0.1) is 17.7 Å². The van der Waals surface area contributed by atoms with E-state index in [9.17, 15) is 14.7 Å². The van der Waals surface area contributed by atoms with Gasteiger partial charge in [-0.3, -0.25) is 14.5 Å². The van der Waals surface area contributed by atoms with Crippen molar-refractivity contribution in [2.75, 3.05) is 26.2 Å². The molecule has 3 N–H and O–H groups in total. The van der Waals surface area contributed by atoms with Crippen molar-refractivity contribution in [2.45, 2.75) is 56.3 Å². The predicted molar refractivity (Wildman–Crippen MR) is 107 cm³/mol. The number of hydrogen-bond acceptors (Lipinski definition) is 5. The SMILES string of the molecule is C[C@]1(NC(=O)C2Cc3ccccc3C2)CCOC2(CCN(CC(=O)O)CC2)[C@@H]1O. The number of carbonyl (C=O) groups is 2. The van der Waals surface area contributed by atoms with E-state index >= 15 is 0 Å². The number of aliphatic hydroxyl groups is 1. The largest absolute Gasteiger partial charge is 0.480 e. The first-order valence-electron chi connectivity index (χ1n) is 10.5. The minimum atomic E-state index is -0.847. The summed E-state index contributed by atoms with van der Waals surface area (Å²) in [5.74, 6) is -0.962. The second-order valence-electron chi connectivity index (χ2n) is 9.02. The topological polar surface area (TPSA) is 99.1 Å². The number of fused-ring (bicyclic) bond motifs is 1. The molecule has 2 heterocycles. The minimum Gasteiger partial charge on any atom is -0.480 e. The molecule has 0 aromatic heterocycles. The van der Waals surface area contributed by atoms with Crippen LogP contribution >= 0.6 is 0 Å². The van der Waals surface area contributed by atoms with Crippen molar-refractivity contribution in [3.05, 3.63) is 35.4 Å². The van der Waals surface area contributed by atoms with Crippen molar-refractivity contribution >= 4 is 11.9 Å². The molecule has 1 aromatic rings. The van der Waals surface area contributed by atoms with Crippen molar-refractivity contribution in [3.63, 3.8) is 0 Å². The maximum Gasteiger partial charge on any atom is 0.317 e. The summed E-state index contributed by atoms with van der Waals surface area (Å²) in [6.07, 6.45) is 2.31. The van der Waals surface area contributed by atoms with Gasteiger partial charge in [-0.25, -0.2) is 0 Å². The Morgan fingerprint density at radius 3 is 2.38 bits per heavy atom. The van der Waals surface area contributed by atoms with Crippen LogP contribution in [0.1, 0.15) is 37.3 Å². The zero-order chi connectivity index (χ0) is 20.6. The van der Waals surface area contributed by atoms with Crippen LogP contribution in [0.3, 0.4) is 0 Å². The average Bonchev–Trinajstić information content (AvgIpc) is 3.12. The molecular weight excluding hydrogens is 372 g/mol.